The summed E-state index contributed by atoms with van der Waals surface area (Å²) in [6.45, 7) is 4.45. The highest BCUT2D eigenvalue weighted by atomic mass is 16.2. The average molecular weight is 224 g/mol. The van der Waals surface area contributed by atoms with Crippen LogP contribution >= 0.6 is 0 Å². The summed E-state index contributed by atoms with van der Waals surface area (Å²) in [5, 5.41) is 3.15. The topological polar surface area (TPSA) is 32.3 Å². The van der Waals surface area contributed by atoms with Crippen molar-refractivity contribution in [1.82, 2.24) is 10.2 Å². The molecule has 1 saturated heterocycles. The second-order valence-electron chi connectivity index (χ2n) is 5.12. The number of amides is 1. The highest BCUT2D eigenvalue weighted by Gasteiger charge is 2.35. The van der Waals surface area contributed by atoms with Gasteiger partial charge in [-0.25, -0.2) is 0 Å². The second-order valence-corrected chi connectivity index (χ2v) is 5.12. The van der Waals surface area contributed by atoms with Crippen LogP contribution in [0.15, 0.2) is 0 Å². The van der Waals surface area contributed by atoms with E-state index in [4.69, 9.17) is 0 Å². The summed E-state index contributed by atoms with van der Waals surface area (Å²) in [6.07, 6.45) is 7.81. The maximum absolute atomic E-state index is 12.1. The van der Waals surface area contributed by atoms with Gasteiger partial charge in [-0.1, -0.05) is 19.8 Å². The van der Waals surface area contributed by atoms with Crippen molar-refractivity contribution in [3.8, 4) is 0 Å². The maximum Gasteiger partial charge on any atom is 0.236 e. The lowest BCUT2D eigenvalue weighted by atomic mass is 9.78. The Morgan fingerprint density at radius 1 is 1.25 bits per heavy atom. The molecule has 1 aliphatic carbocycles. The third-order valence-corrected chi connectivity index (χ3v) is 4.09. The zero-order valence-corrected chi connectivity index (χ0v) is 10.4. The molecule has 1 heterocycles. The number of rotatable bonds is 3. The summed E-state index contributed by atoms with van der Waals surface area (Å²) >= 11 is 0. The van der Waals surface area contributed by atoms with Crippen LogP contribution in [0.2, 0.25) is 0 Å². The number of likely N-dealkylation sites (N-methyl/N-ethyl adjacent to an activating group) is 1. The minimum Gasteiger partial charge on any atom is -0.338 e. The van der Waals surface area contributed by atoms with E-state index in [1.807, 2.05) is 6.92 Å². The molecule has 0 bridgehead atoms. The van der Waals surface area contributed by atoms with Crippen molar-refractivity contribution < 1.29 is 4.79 Å². The molecule has 0 unspecified atom stereocenters. The molecule has 2 fully saturated rings. The molecule has 3 heteroatoms. The summed E-state index contributed by atoms with van der Waals surface area (Å²) in [7, 11) is 0. The molecule has 3 nitrogen and oxygen atoms in total. The number of likely N-dealkylation sites (tertiary alicyclic amines) is 1. The Bertz CT molecular complexity index is 240. The number of piperidine rings is 1. The van der Waals surface area contributed by atoms with Crippen LogP contribution in [0.4, 0.5) is 0 Å². The summed E-state index contributed by atoms with van der Waals surface area (Å²) in [6, 6.07) is 0.564. The van der Waals surface area contributed by atoms with Gasteiger partial charge in [0, 0.05) is 12.6 Å². The number of carbonyl (C=O) groups excluding carboxylic acids is 1. The fraction of sp³-hybridized carbons (Fsp3) is 0.923. The fourth-order valence-electron chi connectivity index (χ4n) is 3.27. The van der Waals surface area contributed by atoms with Gasteiger partial charge < -0.3 is 10.2 Å². The van der Waals surface area contributed by atoms with Crippen LogP contribution in [0.25, 0.3) is 0 Å². The summed E-state index contributed by atoms with van der Waals surface area (Å²) < 4.78 is 0. The first-order valence-electron chi connectivity index (χ1n) is 6.83. The standard InChI is InChI=1S/C13H24N2O/c1-2-14-10-13(16)15-9-5-7-11-6-3-4-8-12(11)15/h11-12,14H,2-10H2,1H3/t11-,12-/m1/s1. The van der Waals surface area contributed by atoms with E-state index in [2.05, 4.69) is 10.2 Å². The smallest absolute Gasteiger partial charge is 0.236 e. The SMILES string of the molecule is CCNCC(=O)N1CCC[C@H]2CCCC[C@H]21. The molecule has 0 spiro atoms. The zero-order valence-electron chi connectivity index (χ0n) is 10.4. The Kier molecular flexibility index (Phi) is 4.22. The minimum absolute atomic E-state index is 0.318. The van der Waals surface area contributed by atoms with Crippen LogP contribution in [-0.4, -0.2) is 36.5 Å². The Morgan fingerprint density at radius 2 is 2.00 bits per heavy atom. The molecule has 0 aromatic carbocycles. The molecule has 1 amide bonds. The number of hydrogen-bond donors (Lipinski definition) is 1. The van der Waals surface area contributed by atoms with Crippen LogP contribution < -0.4 is 5.32 Å². The number of hydrogen-bond acceptors (Lipinski definition) is 2. The maximum atomic E-state index is 12.1. The normalized spacial score (nSPS) is 29.9. The summed E-state index contributed by atoms with van der Waals surface area (Å²) in [5.41, 5.74) is 0. The molecular formula is C13H24N2O. The molecule has 92 valence electrons. The van der Waals surface area contributed by atoms with E-state index in [1.54, 1.807) is 0 Å². The van der Waals surface area contributed by atoms with Gasteiger partial charge in [-0.15, -0.1) is 0 Å². The first-order chi connectivity index (χ1) is 7.83. The molecular weight excluding hydrogens is 200 g/mol. The molecule has 1 saturated carbocycles. The minimum atomic E-state index is 0.318. The van der Waals surface area contributed by atoms with Crippen LogP contribution in [0.3, 0.4) is 0 Å². The number of nitrogens with one attached hydrogen (secondary N) is 1. The lowest BCUT2D eigenvalue weighted by molar-refractivity contribution is -0.136. The van der Waals surface area contributed by atoms with Gasteiger partial charge in [-0.3, -0.25) is 4.79 Å². The van der Waals surface area contributed by atoms with E-state index in [-0.39, 0.29) is 0 Å². The van der Waals surface area contributed by atoms with Crippen molar-refractivity contribution >= 4 is 5.91 Å². The Hall–Kier alpha value is -0.570. The molecule has 1 aliphatic heterocycles. The molecule has 2 atom stereocenters. The largest absolute Gasteiger partial charge is 0.338 e. The Morgan fingerprint density at radius 3 is 2.81 bits per heavy atom. The van der Waals surface area contributed by atoms with E-state index >= 15 is 0 Å². The van der Waals surface area contributed by atoms with Crippen molar-refractivity contribution in [2.24, 2.45) is 5.92 Å². The van der Waals surface area contributed by atoms with Crippen LogP contribution in [-0.2, 0) is 4.79 Å². The zero-order chi connectivity index (χ0) is 11.4. The predicted octanol–water partition coefficient (Wildman–Crippen LogP) is 1.78. The molecule has 0 radical (unpaired) electrons. The molecule has 0 aromatic heterocycles. The van der Waals surface area contributed by atoms with Crippen molar-refractivity contribution in [1.29, 1.82) is 0 Å². The van der Waals surface area contributed by atoms with Gasteiger partial charge in [0.1, 0.15) is 0 Å². The fourth-order valence-corrected chi connectivity index (χ4v) is 3.27. The third-order valence-electron chi connectivity index (χ3n) is 4.09. The quantitative estimate of drug-likeness (QED) is 0.792. The van der Waals surface area contributed by atoms with Crippen molar-refractivity contribution in [2.45, 2.75) is 51.5 Å². The molecule has 1 N–H and O–H groups in total. The summed E-state index contributed by atoms with van der Waals surface area (Å²) in [5.74, 6) is 1.12. The van der Waals surface area contributed by atoms with E-state index in [9.17, 15) is 4.79 Å². The van der Waals surface area contributed by atoms with Gasteiger partial charge in [0.05, 0.1) is 6.54 Å². The number of fused-ring (bicyclic) bond motifs is 1. The van der Waals surface area contributed by atoms with Gasteiger partial charge in [0.25, 0.3) is 0 Å². The molecule has 0 aromatic rings. The first kappa shape index (κ1) is 11.9. The number of nitrogens with zero attached hydrogens (tertiary/aromatic N) is 1. The van der Waals surface area contributed by atoms with Gasteiger partial charge in [-0.05, 0) is 38.1 Å². The van der Waals surface area contributed by atoms with Gasteiger partial charge in [-0.2, -0.15) is 0 Å². The third kappa shape index (κ3) is 2.57. The van der Waals surface area contributed by atoms with E-state index < -0.39 is 0 Å². The van der Waals surface area contributed by atoms with E-state index in [1.165, 1.54) is 38.5 Å². The highest BCUT2D eigenvalue weighted by molar-refractivity contribution is 5.78. The molecule has 2 rings (SSSR count). The van der Waals surface area contributed by atoms with Crippen molar-refractivity contribution in [2.75, 3.05) is 19.6 Å². The van der Waals surface area contributed by atoms with Crippen molar-refractivity contribution in [3.63, 3.8) is 0 Å². The second kappa shape index (κ2) is 5.67. The highest BCUT2D eigenvalue weighted by Crippen LogP contribution is 2.35. The Balaban J connectivity index is 1.93. The lowest BCUT2D eigenvalue weighted by Crippen LogP contribution is -2.51. The van der Waals surface area contributed by atoms with E-state index in [0.717, 1.165) is 19.0 Å². The monoisotopic (exact) mass is 224 g/mol. The van der Waals surface area contributed by atoms with Gasteiger partial charge in [0.2, 0.25) is 5.91 Å². The van der Waals surface area contributed by atoms with Crippen molar-refractivity contribution in [3.05, 3.63) is 0 Å². The van der Waals surface area contributed by atoms with Gasteiger partial charge in [0.15, 0.2) is 0 Å². The lowest BCUT2D eigenvalue weighted by Gasteiger charge is -2.44. The van der Waals surface area contributed by atoms with Crippen LogP contribution in [0, 0.1) is 5.92 Å². The van der Waals surface area contributed by atoms with Crippen LogP contribution in [0.1, 0.15) is 45.4 Å². The average Bonchev–Trinajstić information content (AvgIpc) is 2.35. The molecule has 2 aliphatic rings. The van der Waals surface area contributed by atoms with Crippen LogP contribution in [0.5, 0.6) is 0 Å². The predicted molar refractivity (Wildman–Crippen MR) is 65.2 cm³/mol. The summed E-state index contributed by atoms with van der Waals surface area (Å²) in [4.78, 5) is 14.2. The molecule has 16 heavy (non-hydrogen) atoms. The van der Waals surface area contributed by atoms with Gasteiger partial charge >= 0.3 is 0 Å². The Labute approximate surface area is 98.6 Å². The number of carbonyl (C=O) groups is 1. The first-order valence-corrected chi connectivity index (χ1v) is 6.83. The van der Waals surface area contributed by atoms with E-state index in [0.29, 0.717) is 18.5 Å².